The van der Waals surface area contributed by atoms with Gasteiger partial charge in [0.05, 0.1) is 0 Å². The highest BCUT2D eigenvalue weighted by Gasteiger charge is 2.32. The summed E-state index contributed by atoms with van der Waals surface area (Å²) in [5.74, 6) is 0. The molecule has 2 aliphatic heterocycles. The van der Waals surface area contributed by atoms with Gasteiger partial charge in [0, 0.05) is 23.2 Å². The highest BCUT2D eigenvalue weighted by molar-refractivity contribution is 5.21. The summed E-state index contributed by atoms with van der Waals surface area (Å²) < 4.78 is 0. The molecule has 4 rings (SSSR count). The van der Waals surface area contributed by atoms with E-state index in [1.165, 1.54) is 62.7 Å². The van der Waals surface area contributed by atoms with Crippen LogP contribution in [-0.4, -0.2) is 34.0 Å². The minimum atomic E-state index is 0.279. The fourth-order valence-corrected chi connectivity index (χ4v) is 5.51. The van der Waals surface area contributed by atoms with Crippen LogP contribution < -0.4 is 0 Å². The van der Waals surface area contributed by atoms with Crippen LogP contribution in [0.4, 0.5) is 0 Å². The molecule has 2 saturated heterocycles. The average molecular weight is 435 g/mol. The molecule has 2 heterocycles. The third kappa shape index (κ3) is 6.68. The van der Waals surface area contributed by atoms with Crippen molar-refractivity contribution in [3.05, 3.63) is 71.8 Å². The van der Waals surface area contributed by atoms with E-state index < -0.39 is 0 Å². The Morgan fingerprint density at radius 1 is 0.531 bits per heavy atom. The molecule has 2 heteroatoms. The lowest BCUT2D eigenvalue weighted by atomic mass is 9.90. The van der Waals surface area contributed by atoms with Gasteiger partial charge in [-0.3, -0.25) is 9.80 Å². The van der Waals surface area contributed by atoms with Gasteiger partial charge in [-0.1, -0.05) is 73.5 Å². The second-order valence-corrected chi connectivity index (χ2v) is 11.6. The van der Waals surface area contributed by atoms with Gasteiger partial charge in [-0.15, -0.1) is 0 Å². The first-order valence-corrected chi connectivity index (χ1v) is 12.8. The summed E-state index contributed by atoms with van der Waals surface area (Å²) >= 11 is 0. The van der Waals surface area contributed by atoms with Crippen molar-refractivity contribution in [1.82, 2.24) is 9.80 Å². The maximum absolute atomic E-state index is 2.66. The third-order valence-corrected chi connectivity index (χ3v) is 7.10. The number of likely N-dealkylation sites (tertiary alicyclic amines) is 2. The summed E-state index contributed by atoms with van der Waals surface area (Å²) in [6, 6.07) is 23.2. The lowest BCUT2D eigenvalue weighted by Gasteiger charge is -2.45. The van der Waals surface area contributed by atoms with Crippen molar-refractivity contribution in [3.63, 3.8) is 0 Å². The van der Waals surface area contributed by atoms with Crippen molar-refractivity contribution in [1.29, 1.82) is 0 Å². The topological polar surface area (TPSA) is 6.48 Å². The zero-order valence-electron chi connectivity index (χ0n) is 21.5. The van der Waals surface area contributed by atoms with E-state index in [2.05, 4.69) is 112 Å². The Morgan fingerprint density at radius 2 is 0.875 bits per heavy atom. The molecular weight excluding hydrogens is 388 g/mol. The van der Waals surface area contributed by atoms with Gasteiger partial charge in [0.2, 0.25) is 0 Å². The first-order valence-electron chi connectivity index (χ1n) is 12.8. The molecule has 32 heavy (non-hydrogen) atoms. The van der Waals surface area contributed by atoms with Crippen molar-refractivity contribution >= 4 is 0 Å². The summed E-state index contributed by atoms with van der Waals surface area (Å²) in [4.78, 5) is 5.32. The molecule has 2 aromatic rings. The Labute approximate surface area is 198 Å². The quantitative estimate of drug-likeness (QED) is 0.472. The van der Waals surface area contributed by atoms with Crippen molar-refractivity contribution in [3.8, 4) is 0 Å². The minimum absolute atomic E-state index is 0.279. The van der Waals surface area contributed by atoms with Crippen LogP contribution in [0.25, 0.3) is 0 Å². The highest BCUT2D eigenvalue weighted by atomic mass is 15.2. The molecule has 0 saturated carbocycles. The summed E-state index contributed by atoms with van der Waals surface area (Å²) in [5.41, 5.74) is 3.52. The molecular formula is C30H46N2. The molecule has 0 radical (unpaired) electrons. The van der Waals surface area contributed by atoms with Gasteiger partial charge < -0.3 is 0 Å². The first kappa shape index (κ1) is 25.0. The lowest BCUT2D eigenvalue weighted by molar-refractivity contribution is 0.0508. The molecule has 0 amide bonds. The standard InChI is InChI=1S/2C15H23N/c2*1-15(2,3)16-12-8-7-11-14(16)13-9-5-4-6-10-13/h2*4-6,9-10,14H,7-8,11-12H2,1-3H3. The number of benzene rings is 2. The van der Waals surface area contributed by atoms with E-state index in [-0.39, 0.29) is 11.1 Å². The van der Waals surface area contributed by atoms with Gasteiger partial charge in [0.1, 0.15) is 0 Å². The van der Waals surface area contributed by atoms with Crippen molar-refractivity contribution in [2.24, 2.45) is 0 Å². The lowest BCUT2D eigenvalue weighted by Crippen LogP contribution is -2.46. The van der Waals surface area contributed by atoms with Crippen molar-refractivity contribution in [2.75, 3.05) is 13.1 Å². The highest BCUT2D eigenvalue weighted by Crippen LogP contribution is 2.36. The maximum Gasteiger partial charge on any atom is 0.0353 e. The SMILES string of the molecule is CC(C)(C)N1CCCCC1c1ccccc1.CC(C)(C)N1CCCCC1c1ccccc1. The van der Waals surface area contributed by atoms with E-state index >= 15 is 0 Å². The van der Waals surface area contributed by atoms with E-state index in [0.29, 0.717) is 12.1 Å². The van der Waals surface area contributed by atoms with Crippen molar-refractivity contribution in [2.45, 2.75) is 103 Å². The number of rotatable bonds is 2. The Kier molecular flexibility index (Phi) is 8.58. The molecule has 2 atom stereocenters. The van der Waals surface area contributed by atoms with E-state index in [0.717, 1.165) is 0 Å². The largest absolute Gasteiger partial charge is 0.291 e. The number of hydrogen-bond donors (Lipinski definition) is 0. The van der Waals surface area contributed by atoms with Crippen LogP contribution in [-0.2, 0) is 0 Å². The van der Waals surface area contributed by atoms with Gasteiger partial charge in [0.25, 0.3) is 0 Å². The molecule has 2 unspecified atom stereocenters. The normalized spacial score (nSPS) is 23.3. The van der Waals surface area contributed by atoms with Crippen LogP contribution in [0.5, 0.6) is 0 Å². The zero-order valence-corrected chi connectivity index (χ0v) is 21.5. The Hall–Kier alpha value is -1.64. The molecule has 2 aromatic carbocycles. The van der Waals surface area contributed by atoms with Crippen LogP contribution >= 0.6 is 0 Å². The van der Waals surface area contributed by atoms with Crippen molar-refractivity contribution < 1.29 is 0 Å². The second kappa shape index (κ2) is 11.0. The van der Waals surface area contributed by atoms with Crippen LogP contribution in [0.3, 0.4) is 0 Å². The van der Waals surface area contributed by atoms with Crippen LogP contribution in [0.15, 0.2) is 60.7 Å². The Bertz CT molecular complexity index is 716. The molecule has 176 valence electrons. The number of piperidine rings is 2. The zero-order chi connectivity index (χ0) is 23.2. The summed E-state index contributed by atoms with van der Waals surface area (Å²) in [5, 5.41) is 0. The fraction of sp³-hybridized carbons (Fsp3) is 0.600. The first-order chi connectivity index (χ1) is 15.2. The Balaban J connectivity index is 0.000000181. The molecule has 2 nitrogen and oxygen atoms in total. The summed E-state index contributed by atoms with van der Waals surface area (Å²) in [6.45, 7) is 16.4. The molecule has 0 spiro atoms. The monoisotopic (exact) mass is 434 g/mol. The third-order valence-electron chi connectivity index (χ3n) is 7.10. The Morgan fingerprint density at radius 3 is 1.19 bits per heavy atom. The van der Waals surface area contributed by atoms with Crippen LogP contribution in [0, 0.1) is 0 Å². The van der Waals surface area contributed by atoms with Crippen LogP contribution in [0.1, 0.15) is 103 Å². The molecule has 0 aliphatic carbocycles. The minimum Gasteiger partial charge on any atom is -0.291 e. The van der Waals surface area contributed by atoms with E-state index in [1.807, 2.05) is 0 Å². The van der Waals surface area contributed by atoms with Gasteiger partial charge in [0.15, 0.2) is 0 Å². The second-order valence-electron chi connectivity index (χ2n) is 11.6. The summed E-state index contributed by atoms with van der Waals surface area (Å²) in [6.07, 6.45) is 8.04. The van der Waals surface area contributed by atoms with Gasteiger partial charge in [-0.2, -0.15) is 0 Å². The number of nitrogens with zero attached hydrogens (tertiary/aromatic N) is 2. The summed E-state index contributed by atoms with van der Waals surface area (Å²) in [7, 11) is 0. The molecule has 0 N–H and O–H groups in total. The van der Waals surface area contributed by atoms with Gasteiger partial charge in [-0.05, 0) is 91.4 Å². The predicted molar refractivity (Wildman–Crippen MR) is 139 cm³/mol. The molecule has 2 fully saturated rings. The fourth-order valence-electron chi connectivity index (χ4n) is 5.51. The van der Waals surface area contributed by atoms with E-state index in [4.69, 9.17) is 0 Å². The number of hydrogen-bond acceptors (Lipinski definition) is 2. The van der Waals surface area contributed by atoms with Gasteiger partial charge in [-0.25, -0.2) is 0 Å². The molecule has 0 bridgehead atoms. The smallest absolute Gasteiger partial charge is 0.0353 e. The van der Waals surface area contributed by atoms with E-state index in [9.17, 15) is 0 Å². The molecule has 2 aliphatic rings. The predicted octanol–water partition coefficient (Wildman–Crippen LogP) is 8.02. The van der Waals surface area contributed by atoms with Gasteiger partial charge >= 0.3 is 0 Å². The maximum atomic E-state index is 2.66. The van der Waals surface area contributed by atoms with E-state index in [1.54, 1.807) is 0 Å². The molecule has 0 aromatic heterocycles. The average Bonchev–Trinajstić information content (AvgIpc) is 2.80. The van der Waals surface area contributed by atoms with Crippen LogP contribution in [0.2, 0.25) is 0 Å².